The molecule has 0 saturated carbocycles. The van der Waals surface area contributed by atoms with E-state index in [1.165, 1.54) is 13.2 Å². The number of halogens is 3. The molecule has 4 saturated heterocycles. The lowest BCUT2D eigenvalue weighted by molar-refractivity contribution is -0.158. The van der Waals surface area contributed by atoms with Crippen molar-refractivity contribution < 1.29 is 40.2 Å². The second-order valence-electron chi connectivity index (χ2n) is 10.5. The summed E-state index contributed by atoms with van der Waals surface area (Å²) in [5.41, 5.74) is 6.56. The van der Waals surface area contributed by atoms with Crippen molar-refractivity contribution in [3.63, 3.8) is 0 Å². The third-order valence-corrected chi connectivity index (χ3v) is 8.39. The second-order valence-corrected chi connectivity index (χ2v) is 10.9. The Morgan fingerprint density at radius 1 is 0.976 bits per heavy atom. The van der Waals surface area contributed by atoms with Gasteiger partial charge < -0.3 is 46.6 Å². The summed E-state index contributed by atoms with van der Waals surface area (Å²) in [7, 11) is 3.17. The molecule has 1 aromatic carbocycles. The number of carbonyl (C=O) groups excluding carboxylic acids is 2. The summed E-state index contributed by atoms with van der Waals surface area (Å²) in [5, 5.41) is 3.40. The highest BCUT2D eigenvalue weighted by molar-refractivity contribution is 6.33. The number of amides is 1. The van der Waals surface area contributed by atoms with Crippen LogP contribution in [0.15, 0.2) is 12.1 Å². The fourth-order valence-electron chi connectivity index (χ4n) is 5.80. The van der Waals surface area contributed by atoms with Gasteiger partial charge in [0.1, 0.15) is 11.9 Å². The van der Waals surface area contributed by atoms with Crippen molar-refractivity contribution in [2.75, 3.05) is 59.2 Å². The maximum Gasteiger partial charge on any atom is 0.306 e. The lowest BCUT2D eigenvalue weighted by atomic mass is 9.86. The molecule has 1 aromatic rings. The maximum atomic E-state index is 13.0. The van der Waals surface area contributed by atoms with Crippen molar-refractivity contribution in [3.8, 4) is 5.75 Å². The van der Waals surface area contributed by atoms with Gasteiger partial charge in [0.15, 0.2) is 0 Å². The van der Waals surface area contributed by atoms with Gasteiger partial charge in [-0.3, -0.25) is 14.5 Å². The fraction of sp³-hybridized carbons (Fsp3) is 0.704. The number of piperidine rings is 4. The first-order valence-electron chi connectivity index (χ1n) is 13.5. The van der Waals surface area contributed by atoms with Crippen LogP contribution in [-0.2, 0) is 14.3 Å². The molecule has 2 bridgehead atoms. The number of nitrogens with two attached hydrogens (primary N) is 1. The summed E-state index contributed by atoms with van der Waals surface area (Å²) >= 11 is 6.13. The molecule has 4 aliphatic heterocycles. The van der Waals surface area contributed by atoms with Crippen LogP contribution in [0.3, 0.4) is 0 Å². The number of nitrogen functional groups attached to an aromatic ring is 1. The van der Waals surface area contributed by atoms with Gasteiger partial charge in [-0.15, -0.1) is 24.8 Å². The van der Waals surface area contributed by atoms with Gasteiger partial charge in [0.2, 0.25) is 0 Å². The molecular formula is C27H49Cl3N4O8. The smallest absolute Gasteiger partial charge is 0.306 e. The summed E-state index contributed by atoms with van der Waals surface area (Å²) < 4.78 is 16.8. The summed E-state index contributed by atoms with van der Waals surface area (Å²) in [6.07, 6.45) is 6.42. The zero-order valence-electron chi connectivity index (χ0n) is 24.4. The Morgan fingerprint density at radius 2 is 1.67 bits per heavy atom. The van der Waals surface area contributed by atoms with Gasteiger partial charge in [-0.1, -0.05) is 18.0 Å². The minimum Gasteiger partial charge on any atom is -0.496 e. The third kappa shape index (κ3) is 11.1. The zero-order valence-corrected chi connectivity index (χ0v) is 26.8. The molecular weight excluding hydrogens is 615 g/mol. The number of benzene rings is 1. The molecule has 0 radical (unpaired) electrons. The van der Waals surface area contributed by atoms with Crippen LogP contribution in [0.4, 0.5) is 5.69 Å². The Labute approximate surface area is 265 Å². The van der Waals surface area contributed by atoms with Crippen LogP contribution >= 0.6 is 36.4 Å². The number of anilines is 1. The quantitative estimate of drug-likeness (QED) is 0.200. The van der Waals surface area contributed by atoms with Crippen LogP contribution in [0.2, 0.25) is 5.02 Å². The zero-order chi connectivity index (χ0) is 26.4. The molecule has 246 valence electrons. The van der Waals surface area contributed by atoms with Crippen molar-refractivity contribution in [2.24, 2.45) is 5.92 Å². The van der Waals surface area contributed by atoms with E-state index in [2.05, 4.69) is 15.1 Å². The lowest BCUT2D eigenvalue weighted by Gasteiger charge is -2.43. The van der Waals surface area contributed by atoms with E-state index in [9.17, 15) is 9.59 Å². The van der Waals surface area contributed by atoms with Gasteiger partial charge in [0.05, 0.1) is 35.5 Å². The minimum atomic E-state index is -0.260. The van der Waals surface area contributed by atoms with E-state index in [0.29, 0.717) is 34.4 Å². The van der Waals surface area contributed by atoms with E-state index in [1.807, 2.05) is 0 Å². The predicted octanol–water partition coefficient (Wildman–Crippen LogP) is 1.32. The van der Waals surface area contributed by atoms with Gasteiger partial charge in [0, 0.05) is 39.2 Å². The van der Waals surface area contributed by atoms with Crippen molar-refractivity contribution in [1.29, 1.82) is 0 Å². The van der Waals surface area contributed by atoms with Gasteiger partial charge in [-0.25, -0.2) is 0 Å². The number of hydrogen-bond acceptors (Lipinski definition) is 8. The molecule has 15 heteroatoms. The van der Waals surface area contributed by atoms with Crippen molar-refractivity contribution in [2.45, 2.75) is 63.2 Å². The number of unbranched alkanes of at least 4 members (excludes halogenated alkanes) is 2. The standard InChI is InChI=1S/C27H41ClN4O5.2ClH.3H2O/c1-35-23-15-21(29)20(28)14-19(23)27(34)30-22-9-13-31(17-25(22)36-2)10-5-3-4-6-26(33)37-24-16-32-11-7-18(24)8-12-32;;;;;/h14-15,18,22,24-25H,3-13,16-17,29H2,1-2H3,(H,30,34);2*1H;3*1H2/t22-,24+,25+;;;;;/m1...../s1. The molecule has 0 spiro atoms. The molecule has 42 heavy (non-hydrogen) atoms. The maximum absolute atomic E-state index is 13.0. The van der Waals surface area contributed by atoms with E-state index in [4.69, 9.17) is 31.5 Å². The Kier molecular flexibility index (Phi) is 20.6. The summed E-state index contributed by atoms with van der Waals surface area (Å²) in [5.74, 6) is 0.637. The third-order valence-electron chi connectivity index (χ3n) is 8.06. The van der Waals surface area contributed by atoms with Crippen molar-refractivity contribution >= 4 is 54.0 Å². The number of esters is 1. The molecule has 12 nitrogen and oxygen atoms in total. The highest BCUT2D eigenvalue weighted by atomic mass is 35.5. The van der Waals surface area contributed by atoms with E-state index < -0.39 is 0 Å². The Morgan fingerprint density at radius 3 is 2.26 bits per heavy atom. The highest BCUT2D eigenvalue weighted by Gasteiger charge is 2.36. The number of nitrogens with one attached hydrogen (secondary N) is 1. The molecule has 4 aliphatic rings. The number of fused-ring (bicyclic) bond motifs is 3. The summed E-state index contributed by atoms with van der Waals surface area (Å²) in [6.45, 7) is 5.76. The highest BCUT2D eigenvalue weighted by Crippen LogP contribution is 2.30. The lowest BCUT2D eigenvalue weighted by Crippen LogP contribution is -2.54. The Balaban J connectivity index is 0. The molecule has 0 aliphatic carbocycles. The normalized spacial score (nSPS) is 24.3. The molecule has 4 fully saturated rings. The van der Waals surface area contributed by atoms with Gasteiger partial charge in [-0.05, 0) is 63.7 Å². The van der Waals surface area contributed by atoms with E-state index in [-0.39, 0.29) is 71.4 Å². The van der Waals surface area contributed by atoms with Crippen LogP contribution in [0.1, 0.15) is 55.3 Å². The average Bonchev–Trinajstić information content (AvgIpc) is 2.91. The van der Waals surface area contributed by atoms with Crippen LogP contribution in [-0.4, -0.2) is 110 Å². The van der Waals surface area contributed by atoms with Crippen LogP contribution < -0.4 is 15.8 Å². The molecule has 0 unspecified atom stereocenters. The van der Waals surface area contributed by atoms with Crippen molar-refractivity contribution in [1.82, 2.24) is 15.1 Å². The van der Waals surface area contributed by atoms with Gasteiger partial charge >= 0.3 is 5.97 Å². The van der Waals surface area contributed by atoms with Gasteiger partial charge in [0.25, 0.3) is 5.91 Å². The topological polar surface area (TPSA) is 201 Å². The van der Waals surface area contributed by atoms with Crippen molar-refractivity contribution in [3.05, 3.63) is 22.7 Å². The summed E-state index contributed by atoms with van der Waals surface area (Å²) in [4.78, 5) is 30.0. The monoisotopic (exact) mass is 662 g/mol. The first-order chi connectivity index (χ1) is 17.9. The molecule has 5 rings (SSSR count). The fourth-order valence-corrected chi connectivity index (χ4v) is 5.97. The number of carbonyl (C=O) groups is 2. The second kappa shape index (κ2) is 20.4. The average molecular weight is 664 g/mol. The molecule has 3 atom stereocenters. The minimum absolute atomic E-state index is 0. The van der Waals surface area contributed by atoms with E-state index in [0.717, 1.165) is 77.8 Å². The van der Waals surface area contributed by atoms with E-state index in [1.54, 1.807) is 13.2 Å². The molecule has 1 amide bonds. The number of methoxy groups -OCH3 is 2. The first kappa shape index (κ1) is 42.5. The predicted molar refractivity (Wildman–Crippen MR) is 168 cm³/mol. The Bertz CT molecular complexity index is 956. The molecule has 0 aromatic heterocycles. The SMILES string of the molecule is COc1cc(N)c(Cl)cc1C(=O)N[C@@H]1CCN(CCCCCC(=O)O[C@H]2CN3CCC2CC3)C[C@@H]1OC.Cl.Cl.O.O.O. The molecule has 9 N–H and O–H groups in total. The Hall–Kier alpha value is -1.61. The largest absolute Gasteiger partial charge is 0.496 e. The number of ether oxygens (including phenoxy) is 3. The van der Waals surface area contributed by atoms with Crippen LogP contribution in [0.25, 0.3) is 0 Å². The molecule has 4 heterocycles. The number of nitrogens with zero attached hydrogens (tertiary/aromatic N) is 2. The number of likely N-dealkylation sites (tertiary alicyclic amines) is 1. The van der Waals surface area contributed by atoms with Gasteiger partial charge in [-0.2, -0.15) is 0 Å². The van der Waals surface area contributed by atoms with E-state index >= 15 is 0 Å². The number of hydrogen-bond donors (Lipinski definition) is 2. The van der Waals surface area contributed by atoms with Crippen LogP contribution in [0.5, 0.6) is 5.75 Å². The number of rotatable bonds is 11. The first-order valence-corrected chi connectivity index (χ1v) is 13.9. The van der Waals surface area contributed by atoms with Crippen LogP contribution in [0, 0.1) is 5.92 Å². The summed E-state index contributed by atoms with van der Waals surface area (Å²) in [6, 6.07) is 2.98.